The molecule has 0 bridgehead atoms. The molecule has 6 heteroatoms. The van der Waals surface area contributed by atoms with Crippen LogP contribution in [0.2, 0.25) is 0 Å². The molecule has 1 heterocycles. The molecule has 0 amide bonds. The van der Waals surface area contributed by atoms with Crippen LogP contribution in [-0.4, -0.2) is 16.0 Å². The van der Waals surface area contributed by atoms with Gasteiger partial charge >= 0.3 is 0 Å². The second kappa shape index (κ2) is 5.78. The summed E-state index contributed by atoms with van der Waals surface area (Å²) in [7, 11) is 0. The zero-order valence-corrected chi connectivity index (χ0v) is 12.6. The van der Waals surface area contributed by atoms with Crippen LogP contribution in [0.3, 0.4) is 0 Å². The topological polar surface area (TPSA) is 37.8 Å². The van der Waals surface area contributed by atoms with Gasteiger partial charge < -0.3 is 5.32 Å². The molecule has 0 spiro atoms. The molecule has 122 valence electrons. The first-order chi connectivity index (χ1) is 11.6. The van der Waals surface area contributed by atoms with Crippen LogP contribution in [0.25, 0.3) is 10.9 Å². The van der Waals surface area contributed by atoms with Gasteiger partial charge in [-0.15, -0.1) is 0 Å². The summed E-state index contributed by atoms with van der Waals surface area (Å²) in [6.07, 6.45) is -1.92. The van der Waals surface area contributed by atoms with Crippen molar-refractivity contribution in [3.8, 4) is 0 Å². The highest BCUT2D eigenvalue weighted by molar-refractivity contribution is 5.89. The Balaban J connectivity index is 1.63. The second-order valence-electron chi connectivity index (χ2n) is 5.90. The molecule has 3 aromatic rings. The molecular formula is C18H14F3N3. The van der Waals surface area contributed by atoms with Gasteiger partial charge in [-0.3, -0.25) is 0 Å². The van der Waals surface area contributed by atoms with E-state index in [-0.39, 0.29) is 17.8 Å². The number of benzene rings is 2. The third kappa shape index (κ3) is 2.79. The number of nitrogens with one attached hydrogen (secondary N) is 1. The predicted molar refractivity (Wildman–Crippen MR) is 85.7 cm³/mol. The van der Waals surface area contributed by atoms with Crippen LogP contribution in [0.15, 0.2) is 48.5 Å². The number of nitrogens with zero attached hydrogens (tertiary/aromatic N) is 2. The summed E-state index contributed by atoms with van der Waals surface area (Å²) in [5.74, 6) is -0.200. The Kier molecular flexibility index (Phi) is 3.59. The minimum absolute atomic E-state index is 0.0515. The molecule has 1 fully saturated rings. The largest absolute Gasteiger partial charge is 0.366 e. The smallest absolute Gasteiger partial charge is 0.297 e. The molecule has 24 heavy (non-hydrogen) atoms. The van der Waals surface area contributed by atoms with E-state index in [1.165, 1.54) is 12.1 Å². The maximum atomic E-state index is 13.3. The predicted octanol–water partition coefficient (Wildman–Crippen LogP) is 4.67. The van der Waals surface area contributed by atoms with Gasteiger partial charge in [-0.2, -0.15) is 0 Å². The van der Waals surface area contributed by atoms with Crippen molar-refractivity contribution in [3.05, 3.63) is 65.7 Å². The van der Waals surface area contributed by atoms with Crippen molar-refractivity contribution in [3.63, 3.8) is 0 Å². The van der Waals surface area contributed by atoms with Crippen LogP contribution in [0, 0.1) is 5.82 Å². The Hall–Kier alpha value is -2.63. The Morgan fingerprint density at radius 3 is 2.67 bits per heavy atom. The van der Waals surface area contributed by atoms with Gasteiger partial charge in [-0.1, -0.05) is 24.3 Å². The molecule has 1 aliphatic rings. The second-order valence-corrected chi connectivity index (χ2v) is 5.90. The van der Waals surface area contributed by atoms with E-state index in [9.17, 15) is 13.2 Å². The molecule has 1 saturated carbocycles. The number of aromatic nitrogens is 2. The number of hydrogen-bond donors (Lipinski definition) is 1. The van der Waals surface area contributed by atoms with Crippen LogP contribution in [-0.2, 0) is 0 Å². The summed E-state index contributed by atoms with van der Waals surface area (Å²) in [6.45, 7) is 0. The Morgan fingerprint density at radius 1 is 1.04 bits per heavy atom. The lowest BCUT2D eigenvalue weighted by molar-refractivity contribution is 0.141. The Bertz CT molecular complexity index is 898. The molecule has 1 aromatic heterocycles. The Labute approximate surface area is 136 Å². The van der Waals surface area contributed by atoms with Gasteiger partial charge in [0.25, 0.3) is 6.43 Å². The van der Waals surface area contributed by atoms with Crippen LogP contribution >= 0.6 is 0 Å². The average molecular weight is 329 g/mol. The third-order valence-corrected chi connectivity index (χ3v) is 4.21. The number of anilines is 1. The van der Waals surface area contributed by atoms with Crippen molar-refractivity contribution >= 4 is 16.7 Å². The van der Waals surface area contributed by atoms with Gasteiger partial charge in [0.15, 0.2) is 5.82 Å². The van der Waals surface area contributed by atoms with Gasteiger partial charge in [-0.05, 0) is 36.2 Å². The van der Waals surface area contributed by atoms with Gasteiger partial charge in [0.2, 0.25) is 0 Å². The molecule has 0 unspecified atom stereocenters. The fourth-order valence-electron chi connectivity index (χ4n) is 2.94. The third-order valence-electron chi connectivity index (χ3n) is 4.21. The normalized spacial score (nSPS) is 19.7. The first-order valence-electron chi connectivity index (χ1n) is 7.68. The van der Waals surface area contributed by atoms with Gasteiger partial charge in [0.05, 0.1) is 5.52 Å². The van der Waals surface area contributed by atoms with Crippen molar-refractivity contribution < 1.29 is 13.2 Å². The van der Waals surface area contributed by atoms with E-state index in [1.54, 1.807) is 24.3 Å². The van der Waals surface area contributed by atoms with Crippen molar-refractivity contribution in [1.29, 1.82) is 0 Å². The monoisotopic (exact) mass is 329 g/mol. The molecule has 0 aliphatic heterocycles. The molecule has 2 atom stereocenters. The molecule has 1 N–H and O–H groups in total. The summed E-state index contributed by atoms with van der Waals surface area (Å²) >= 11 is 0. The van der Waals surface area contributed by atoms with Gasteiger partial charge in [-0.25, -0.2) is 23.1 Å². The fourth-order valence-corrected chi connectivity index (χ4v) is 2.94. The summed E-state index contributed by atoms with van der Waals surface area (Å²) in [4.78, 5) is 7.88. The molecule has 0 radical (unpaired) electrons. The zero-order chi connectivity index (χ0) is 16.7. The Morgan fingerprint density at radius 2 is 1.88 bits per heavy atom. The van der Waals surface area contributed by atoms with Crippen molar-refractivity contribution in [2.45, 2.75) is 24.8 Å². The highest BCUT2D eigenvalue weighted by Crippen LogP contribution is 2.43. The number of hydrogen-bond acceptors (Lipinski definition) is 3. The molecule has 3 nitrogen and oxygen atoms in total. The maximum absolute atomic E-state index is 13.3. The van der Waals surface area contributed by atoms with Crippen molar-refractivity contribution in [2.75, 3.05) is 5.32 Å². The SMILES string of the molecule is Fc1cccc([C@@H]2C[C@H]2Nc2nc(C(F)F)nc3ccccc23)c1. The van der Waals surface area contributed by atoms with E-state index in [1.807, 2.05) is 12.1 Å². The standard InChI is InChI=1S/C18H14F3N3/c19-11-5-3-4-10(8-11)13-9-15(13)23-17-12-6-1-2-7-14(12)22-18(24-17)16(20)21/h1-8,13,15-16H,9H2,(H,22,23,24)/t13-,15+/m0/s1. The van der Waals surface area contributed by atoms with E-state index < -0.39 is 12.2 Å². The number of rotatable bonds is 4. The van der Waals surface area contributed by atoms with Gasteiger partial charge in [0.1, 0.15) is 11.6 Å². The van der Waals surface area contributed by atoms with Crippen LogP contribution in [0.4, 0.5) is 19.0 Å². The van der Waals surface area contributed by atoms with Crippen molar-refractivity contribution in [2.24, 2.45) is 0 Å². The number of para-hydroxylation sites is 1. The van der Waals surface area contributed by atoms with E-state index in [0.717, 1.165) is 12.0 Å². The minimum atomic E-state index is -2.73. The summed E-state index contributed by atoms with van der Waals surface area (Å²) in [5, 5.41) is 3.92. The average Bonchev–Trinajstić information content (AvgIpc) is 3.34. The summed E-state index contributed by atoms with van der Waals surface area (Å²) in [6, 6.07) is 13.6. The van der Waals surface area contributed by atoms with Crippen LogP contribution < -0.4 is 5.32 Å². The molecule has 4 rings (SSSR count). The number of fused-ring (bicyclic) bond motifs is 1. The van der Waals surface area contributed by atoms with Crippen molar-refractivity contribution in [1.82, 2.24) is 9.97 Å². The maximum Gasteiger partial charge on any atom is 0.297 e. The first kappa shape index (κ1) is 14.9. The minimum Gasteiger partial charge on any atom is -0.366 e. The lowest BCUT2D eigenvalue weighted by Crippen LogP contribution is -2.09. The van der Waals surface area contributed by atoms with E-state index in [2.05, 4.69) is 15.3 Å². The van der Waals surface area contributed by atoms with E-state index in [0.29, 0.717) is 16.7 Å². The first-order valence-corrected chi connectivity index (χ1v) is 7.68. The highest BCUT2D eigenvalue weighted by Gasteiger charge is 2.39. The van der Waals surface area contributed by atoms with Crippen LogP contribution in [0.5, 0.6) is 0 Å². The van der Waals surface area contributed by atoms with Crippen LogP contribution in [0.1, 0.15) is 30.2 Å². The molecular weight excluding hydrogens is 315 g/mol. The molecule has 2 aromatic carbocycles. The lowest BCUT2D eigenvalue weighted by atomic mass is 10.1. The number of alkyl halides is 2. The number of halogens is 3. The van der Waals surface area contributed by atoms with E-state index >= 15 is 0 Å². The van der Waals surface area contributed by atoms with Gasteiger partial charge in [0, 0.05) is 17.3 Å². The molecule has 0 saturated heterocycles. The lowest BCUT2D eigenvalue weighted by Gasteiger charge is -2.10. The quantitative estimate of drug-likeness (QED) is 0.755. The summed E-state index contributed by atoms with van der Waals surface area (Å²) in [5.41, 5.74) is 1.38. The zero-order valence-electron chi connectivity index (χ0n) is 12.6. The fraction of sp³-hybridized carbons (Fsp3) is 0.222. The molecule has 1 aliphatic carbocycles. The van der Waals surface area contributed by atoms with E-state index in [4.69, 9.17) is 0 Å². The highest BCUT2D eigenvalue weighted by atomic mass is 19.3. The summed E-state index contributed by atoms with van der Waals surface area (Å²) < 4.78 is 39.4.